The number of rotatable bonds is 5. The van der Waals surface area contributed by atoms with E-state index in [0.717, 1.165) is 25.2 Å². The van der Waals surface area contributed by atoms with E-state index in [1.807, 2.05) is 35.3 Å². The van der Waals surface area contributed by atoms with Crippen LogP contribution >= 0.6 is 11.3 Å². The van der Waals surface area contributed by atoms with Crippen LogP contribution in [0.2, 0.25) is 0 Å². The largest absolute Gasteiger partial charge is 0.336 e. The van der Waals surface area contributed by atoms with Gasteiger partial charge in [-0.2, -0.15) is 0 Å². The van der Waals surface area contributed by atoms with Crippen LogP contribution in [0, 0.1) is 0 Å². The molecule has 8 heteroatoms. The molecule has 0 radical (unpaired) electrons. The number of hydrogen-bond donors (Lipinski definition) is 0. The number of nitrogens with zero attached hydrogens (tertiary/aromatic N) is 3. The average molecular weight is 496 g/mol. The first-order valence-electron chi connectivity index (χ1n) is 11.6. The number of piperazine rings is 1. The van der Waals surface area contributed by atoms with Crippen LogP contribution in [-0.2, 0) is 23.0 Å². The fraction of sp³-hybridized carbons (Fsp3) is 0.346. The summed E-state index contributed by atoms with van der Waals surface area (Å²) in [5.74, 6) is 0.0235. The molecule has 1 atom stereocenters. The maximum Gasteiger partial charge on any atom is 0.253 e. The highest BCUT2D eigenvalue weighted by Gasteiger charge is 2.33. The van der Waals surface area contributed by atoms with Crippen molar-refractivity contribution in [3.63, 3.8) is 0 Å². The van der Waals surface area contributed by atoms with Gasteiger partial charge in [-0.25, -0.2) is 8.42 Å². The van der Waals surface area contributed by atoms with Crippen molar-refractivity contribution in [2.24, 2.45) is 0 Å². The molecule has 0 saturated carbocycles. The molecular weight excluding hydrogens is 466 g/mol. The molecule has 2 aromatic carbocycles. The third-order valence-corrected chi connectivity index (χ3v) is 8.99. The van der Waals surface area contributed by atoms with Crippen LogP contribution in [0.25, 0.3) is 10.4 Å². The molecule has 1 amide bonds. The van der Waals surface area contributed by atoms with Gasteiger partial charge in [0.25, 0.3) is 5.91 Å². The highest BCUT2D eigenvalue weighted by Crippen LogP contribution is 2.35. The Labute approximate surface area is 205 Å². The second-order valence-corrected chi connectivity index (χ2v) is 12.2. The molecule has 1 fully saturated rings. The Kier molecular flexibility index (Phi) is 6.22. The number of anilines is 1. The van der Waals surface area contributed by atoms with E-state index in [1.54, 1.807) is 12.1 Å². The predicted molar refractivity (Wildman–Crippen MR) is 138 cm³/mol. The van der Waals surface area contributed by atoms with Crippen LogP contribution < -0.4 is 4.31 Å². The molecule has 178 valence electrons. The zero-order valence-corrected chi connectivity index (χ0v) is 21.1. The summed E-state index contributed by atoms with van der Waals surface area (Å²) in [4.78, 5) is 20.1. The monoisotopic (exact) mass is 495 g/mol. The van der Waals surface area contributed by atoms with Gasteiger partial charge in [-0.3, -0.25) is 14.0 Å². The molecule has 34 heavy (non-hydrogen) atoms. The highest BCUT2D eigenvalue weighted by molar-refractivity contribution is 7.92. The van der Waals surface area contributed by atoms with Crippen molar-refractivity contribution < 1.29 is 13.2 Å². The minimum atomic E-state index is -3.33. The molecule has 1 unspecified atom stereocenters. The Bertz CT molecular complexity index is 1300. The summed E-state index contributed by atoms with van der Waals surface area (Å²) in [6.45, 7) is 5.87. The summed E-state index contributed by atoms with van der Waals surface area (Å²) in [7, 11) is -3.33. The first-order chi connectivity index (χ1) is 16.3. The van der Waals surface area contributed by atoms with Crippen LogP contribution in [0.5, 0.6) is 0 Å². The van der Waals surface area contributed by atoms with Gasteiger partial charge in [0.2, 0.25) is 10.0 Å². The summed E-state index contributed by atoms with van der Waals surface area (Å²) in [6.07, 6.45) is 1.86. The third-order valence-electron chi connectivity index (χ3n) is 6.60. The lowest BCUT2D eigenvalue weighted by atomic mass is 10.1. The molecule has 1 aromatic heterocycles. The van der Waals surface area contributed by atoms with Gasteiger partial charge in [0.05, 0.1) is 11.9 Å². The molecule has 6 nitrogen and oxygen atoms in total. The first-order valence-corrected chi connectivity index (χ1v) is 14.2. The minimum Gasteiger partial charge on any atom is -0.336 e. The summed E-state index contributed by atoms with van der Waals surface area (Å²) in [5, 5.41) is 0. The van der Waals surface area contributed by atoms with Gasteiger partial charge < -0.3 is 4.90 Å². The van der Waals surface area contributed by atoms with Crippen molar-refractivity contribution in [3.8, 4) is 10.4 Å². The van der Waals surface area contributed by atoms with Crippen LogP contribution in [0.3, 0.4) is 0 Å². The number of benzene rings is 2. The van der Waals surface area contributed by atoms with Crippen molar-refractivity contribution in [2.45, 2.75) is 25.9 Å². The highest BCUT2D eigenvalue weighted by atomic mass is 32.2. The van der Waals surface area contributed by atoms with Crippen molar-refractivity contribution >= 4 is 33.0 Å². The van der Waals surface area contributed by atoms with Gasteiger partial charge in [-0.1, -0.05) is 30.3 Å². The van der Waals surface area contributed by atoms with Gasteiger partial charge in [0.15, 0.2) is 0 Å². The third kappa shape index (κ3) is 4.62. The Morgan fingerprint density at radius 1 is 1.00 bits per heavy atom. The van der Waals surface area contributed by atoms with Crippen LogP contribution in [0.15, 0.2) is 60.7 Å². The van der Waals surface area contributed by atoms with Crippen LogP contribution in [0.1, 0.15) is 27.7 Å². The van der Waals surface area contributed by atoms with Crippen molar-refractivity contribution in [2.75, 3.05) is 36.7 Å². The first kappa shape index (κ1) is 23.1. The second-order valence-electron chi connectivity index (χ2n) is 9.16. The summed E-state index contributed by atoms with van der Waals surface area (Å²) in [6, 6.07) is 20.1. The van der Waals surface area contributed by atoms with E-state index < -0.39 is 10.0 Å². The Hall–Kier alpha value is -2.68. The molecule has 0 bridgehead atoms. The molecule has 1 saturated heterocycles. The zero-order valence-electron chi connectivity index (χ0n) is 19.5. The van der Waals surface area contributed by atoms with E-state index in [1.165, 1.54) is 25.9 Å². The lowest BCUT2D eigenvalue weighted by molar-refractivity contribution is 0.0629. The van der Waals surface area contributed by atoms with E-state index in [0.29, 0.717) is 30.8 Å². The summed E-state index contributed by atoms with van der Waals surface area (Å²) >= 11 is 1.83. The van der Waals surface area contributed by atoms with Crippen molar-refractivity contribution in [1.29, 1.82) is 0 Å². The lowest BCUT2D eigenvalue weighted by Crippen LogP contribution is -2.48. The van der Waals surface area contributed by atoms with Crippen molar-refractivity contribution in [3.05, 3.63) is 76.7 Å². The van der Waals surface area contributed by atoms with E-state index in [2.05, 4.69) is 41.3 Å². The quantitative estimate of drug-likeness (QED) is 0.535. The van der Waals surface area contributed by atoms with Gasteiger partial charge in [0.1, 0.15) is 0 Å². The Morgan fingerprint density at radius 3 is 2.44 bits per heavy atom. The maximum atomic E-state index is 13.2. The van der Waals surface area contributed by atoms with E-state index in [-0.39, 0.29) is 11.9 Å². The molecule has 2 aliphatic rings. The average Bonchev–Trinajstić information content (AvgIpc) is 3.42. The number of carbonyl (C=O) groups excluding carboxylic acids is 1. The molecule has 2 aliphatic heterocycles. The normalized spacial score (nSPS) is 18.8. The molecule has 0 spiro atoms. The van der Waals surface area contributed by atoms with Gasteiger partial charge in [0, 0.05) is 54.1 Å². The SMILES string of the molecule is CC1Cc2cc(C(=O)N3CCN(Cc4ccc(-c5ccccc5)s4)CC3)ccc2N1S(C)(=O)=O. The van der Waals surface area contributed by atoms with Gasteiger partial charge in [-0.15, -0.1) is 11.3 Å². The zero-order chi connectivity index (χ0) is 23.9. The second kappa shape index (κ2) is 9.17. The van der Waals surface area contributed by atoms with E-state index >= 15 is 0 Å². The maximum absolute atomic E-state index is 13.2. The molecule has 3 heterocycles. The number of amides is 1. The number of thiophene rings is 1. The number of carbonyl (C=O) groups is 1. The Balaban J connectivity index is 1.20. The number of fused-ring (bicyclic) bond motifs is 1. The standard InChI is InChI=1S/C26H29N3O3S2/c1-19-16-22-17-21(8-10-24(22)29(19)34(2,31)32)26(30)28-14-12-27(13-15-28)18-23-9-11-25(33-23)20-6-4-3-5-7-20/h3-11,17,19H,12-16,18H2,1-2H3. The molecule has 0 aliphatic carbocycles. The number of hydrogen-bond acceptors (Lipinski definition) is 5. The van der Waals surface area contributed by atoms with Gasteiger partial charge >= 0.3 is 0 Å². The molecule has 3 aromatic rings. The van der Waals surface area contributed by atoms with Crippen LogP contribution in [-0.4, -0.2) is 62.6 Å². The minimum absolute atomic E-state index is 0.0235. The van der Waals surface area contributed by atoms with Crippen LogP contribution in [0.4, 0.5) is 5.69 Å². The number of sulfonamides is 1. The summed E-state index contributed by atoms with van der Waals surface area (Å²) in [5.41, 5.74) is 3.51. The topological polar surface area (TPSA) is 60.9 Å². The fourth-order valence-corrected chi connectivity index (χ4v) is 7.29. The van der Waals surface area contributed by atoms with Gasteiger partial charge in [-0.05, 0) is 54.8 Å². The van der Waals surface area contributed by atoms with E-state index in [4.69, 9.17) is 0 Å². The molecule has 5 rings (SSSR count). The van der Waals surface area contributed by atoms with Crippen molar-refractivity contribution in [1.82, 2.24) is 9.80 Å². The fourth-order valence-electron chi connectivity index (χ4n) is 4.97. The smallest absolute Gasteiger partial charge is 0.253 e. The lowest BCUT2D eigenvalue weighted by Gasteiger charge is -2.34. The van der Waals surface area contributed by atoms with E-state index in [9.17, 15) is 13.2 Å². The predicted octanol–water partition coefficient (Wildman–Crippen LogP) is 4.08. The Morgan fingerprint density at radius 2 is 1.74 bits per heavy atom. The summed E-state index contributed by atoms with van der Waals surface area (Å²) < 4.78 is 25.8. The molecular formula is C26H29N3O3S2. The molecule has 0 N–H and O–H groups in total.